The van der Waals surface area contributed by atoms with E-state index in [9.17, 15) is 27.9 Å². The first kappa shape index (κ1) is 25.3. The second-order valence-electron chi connectivity index (χ2n) is 8.88. The summed E-state index contributed by atoms with van der Waals surface area (Å²) in [5.74, 6) is -0.818. The van der Waals surface area contributed by atoms with Crippen LogP contribution < -0.4 is 5.32 Å². The highest BCUT2D eigenvalue weighted by molar-refractivity contribution is 6.01. The Hall–Kier alpha value is -3.79. The minimum Gasteiger partial charge on any atom is -0.391 e. The average Bonchev–Trinajstić information content (AvgIpc) is 3.29. The predicted molar refractivity (Wildman–Crippen MR) is 126 cm³/mol. The third-order valence-electron chi connectivity index (χ3n) is 6.02. The molecule has 1 unspecified atom stereocenters. The van der Waals surface area contributed by atoms with Gasteiger partial charge in [-0.25, -0.2) is 0 Å². The molecule has 3 aromatic rings. The fourth-order valence-electron chi connectivity index (χ4n) is 3.97. The molecule has 0 bridgehead atoms. The highest BCUT2D eigenvalue weighted by atomic mass is 19.4. The van der Waals surface area contributed by atoms with Crippen LogP contribution in [-0.2, 0) is 6.18 Å². The standard InChI is InChI=1S/C26H25F3N4O3/c1-15-3-5-22(30-12-15)18-9-19(11-20(10-18)25(36)33-8-7-21(34)14-33)24(35)32-16(2)17-4-6-23(31-13-17)26(27,28)29/h3-6,9-13,16,21,34H,7-8,14H2,1-2H3,(H,32,35)/t16-,21?/m1/s1. The van der Waals surface area contributed by atoms with E-state index in [0.717, 1.165) is 17.8 Å². The molecule has 0 aliphatic carbocycles. The Balaban J connectivity index is 1.62. The van der Waals surface area contributed by atoms with Crippen molar-refractivity contribution < 1.29 is 27.9 Å². The number of hydrogen-bond acceptors (Lipinski definition) is 5. The van der Waals surface area contributed by atoms with Gasteiger partial charge in [0.05, 0.1) is 17.8 Å². The van der Waals surface area contributed by atoms with Gasteiger partial charge in [-0.05, 0) is 61.7 Å². The molecular weight excluding hydrogens is 473 g/mol. The molecule has 0 saturated carbocycles. The van der Waals surface area contributed by atoms with Crippen molar-refractivity contribution in [2.24, 2.45) is 0 Å². The number of β-amino-alcohol motifs (C(OH)–C–C–N with tert-alkyl or cyclic N) is 1. The van der Waals surface area contributed by atoms with Crippen LogP contribution in [0.2, 0.25) is 0 Å². The maximum Gasteiger partial charge on any atom is 0.433 e. The van der Waals surface area contributed by atoms with Crippen molar-refractivity contribution in [1.82, 2.24) is 20.2 Å². The Morgan fingerprint density at radius 1 is 1.08 bits per heavy atom. The van der Waals surface area contributed by atoms with Crippen LogP contribution in [0, 0.1) is 6.92 Å². The molecule has 36 heavy (non-hydrogen) atoms. The fourth-order valence-corrected chi connectivity index (χ4v) is 3.97. The molecule has 1 aliphatic rings. The third kappa shape index (κ3) is 5.71. The maximum atomic E-state index is 13.1. The van der Waals surface area contributed by atoms with Crippen LogP contribution in [-0.4, -0.2) is 51.0 Å². The molecule has 10 heteroatoms. The van der Waals surface area contributed by atoms with Crippen LogP contribution in [0.25, 0.3) is 11.3 Å². The molecule has 2 atom stereocenters. The molecule has 1 aromatic carbocycles. The summed E-state index contributed by atoms with van der Waals surface area (Å²) in [6.07, 6.45) is -1.90. The van der Waals surface area contributed by atoms with Crippen LogP contribution >= 0.6 is 0 Å². The zero-order valence-corrected chi connectivity index (χ0v) is 19.7. The van der Waals surface area contributed by atoms with Gasteiger partial charge >= 0.3 is 6.18 Å². The Morgan fingerprint density at radius 3 is 2.42 bits per heavy atom. The van der Waals surface area contributed by atoms with Gasteiger partial charge in [0.2, 0.25) is 0 Å². The van der Waals surface area contributed by atoms with E-state index in [1.54, 1.807) is 31.3 Å². The van der Waals surface area contributed by atoms with Gasteiger partial charge in [-0.1, -0.05) is 12.1 Å². The molecular formula is C26H25F3N4O3. The average molecular weight is 499 g/mol. The summed E-state index contributed by atoms with van der Waals surface area (Å²) in [6, 6.07) is 9.89. The summed E-state index contributed by atoms with van der Waals surface area (Å²) in [7, 11) is 0. The summed E-state index contributed by atoms with van der Waals surface area (Å²) >= 11 is 0. The number of nitrogens with zero attached hydrogens (tertiary/aromatic N) is 3. The van der Waals surface area contributed by atoms with Gasteiger partial charge in [-0.3, -0.25) is 19.6 Å². The monoisotopic (exact) mass is 498 g/mol. The molecule has 0 radical (unpaired) electrons. The number of aliphatic hydroxyl groups is 1. The Kier molecular flexibility index (Phi) is 7.07. The molecule has 188 valence electrons. The quantitative estimate of drug-likeness (QED) is 0.551. The second kappa shape index (κ2) is 10.1. The number of rotatable bonds is 5. The first-order chi connectivity index (χ1) is 17.0. The first-order valence-electron chi connectivity index (χ1n) is 11.4. The number of pyridine rings is 2. The summed E-state index contributed by atoms with van der Waals surface area (Å²) in [6.45, 7) is 4.15. The first-order valence-corrected chi connectivity index (χ1v) is 11.4. The number of aryl methyl sites for hydroxylation is 1. The molecule has 1 saturated heterocycles. The normalized spacial score (nSPS) is 16.6. The van der Waals surface area contributed by atoms with E-state index in [-0.39, 0.29) is 23.6 Å². The van der Waals surface area contributed by atoms with Gasteiger partial charge in [0.15, 0.2) is 0 Å². The van der Waals surface area contributed by atoms with Gasteiger partial charge < -0.3 is 15.3 Å². The molecule has 0 spiro atoms. The summed E-state index contributed by atoms with van der Waals surface area (Å²) in [5, 5.41) is 12.6. The molecule has 2 aromatic heterocycles. The van der Waals surface area contributed by atoms with Gasteiger partial charge in [0.25, 0.3) is 11.8 Å². The minimum atomic E-state index is -4.55. The summed E-state index contributed by atoms with van der Waals surface area (Å²) in [5.41, 5.74) is 1.95. The van der Waals surface area contributed by atoms with E-state index in [4.69, 9.17) is 0 Å². The van der Waals surface area contributed by atoms with Crippen molar-refractivity contribution >= 4 is 11.8 Å². The number of alkyl halides is 3. The zero-order chi connectivity index (χ0) is 26.0. The van der Waals surface area contributed by atoms with Crippen LogP contribution in [0.15, 0.2) is 54.9 Å². The Labute approximate surface area is 206 Å². The maximum absolute atomic E-state index is 13.1. The summed E-state index contributed by atoms with van der Waals surface area (Å²) in [4.78, 5) is 35.6. The van der Waals surface area contributed by atoms with Crippen LogP contribution in [0.5, 0.6) is 0 Å². The number of aromatic nitrogens is 2. The largest absolute Gasteiger partial charge is 0.433 e. The van der Waals surface area contributed by atoms with Crippen molar-refractivity contribution in [2.45, 2.75) is 38.6 Å². The fraction of sp³-hybridized carbons (Fsp3) is 0.308. The number of carbonyl (C=O) groups is 2. The van der Waals surface area contributed by atoms with Crippen molar-refractivity contribution in [2.75, 3.05) is 13.1 Å². The van der Waals surface area contributed by atoms with Crippen molar-refractivity contribution in [3.63, 3.8) is 0 Å². The van der Waals surface area contributed by atoms with E-state index >= 15 is 0 Å². The topological polar surface area (TPSA) is 95.4 Å². The molecule has 4 rings (SSSR count). The van der Waals surface area contributed by atoms with E-state index < -0.39 is 29.9 Å². The lowest BCUT2D eigenvalue weighted by Crippen LogP contribution is -2.30. The third-order valence-corrected chi connectivity index (χ3v) is 6.02. The molecule has 1 aliphatic heterocycles. The lowest BCUT2D eigenvalue weighted by molar-refractivity contribution is -0.141. The summed E-state index contributed by atoms with van der Waals surface area (Å²) < 4.78 is 38.4. The smallest absolute Gasteiger partial charge is 0.391 e. The SMILES string of the molecule is Cc1ccc(-c2cc(C(=O)N[C@H](C)c3ccc(C(F)(F)F)nc3)cc(C(=O)N3CCC(O)C3)c2)nc1. The lowest BCUT2D eigenvalue weighted by Gasteiger charge is -2.18. The van der Waals surface area contributed by atoms with Gasteiger partial charge in [0.1, 0.15) is 5.69 Å². The highest BCUT2D eigenvalue weighted by Gasteiger charge is 2.32. The van der Waals surface area contributed by atoms with E-state index in [0.29, 0.717) is 29.8 Å². The molecule has 1 fully saturated rings. The van der Waals surface area contributed by atoms with Gasteiger partial charge in [-0.2, -0.15) is 13.2 Å². The number of hydrogen-bond donors (Lipinski definition) is 2. The lowest BCUT2D eigenvalue weighted by atomic mass is 10.0. The van der Waals surface area contributed by atoms with E-state index in [1.165, 1.54) is 17.0 Å². The van der Waals surface area contributed by atoms with Crippen molar-refractivity contribution in [3.05, 3.63) is 82.8 Å². The molecule has 3 heterocycles. The van der Waals surface area contributed by atoms with Crippen LogP contribution in [0.3, 0.4) is 0 Å². The minimum absolute atomic E-state index is 0.199. The predicted octanol–water partition coefficient (Wildman–Crippen LogP) is 4.17. The number of halogens is 3. The molecule has 7 nitrogen and oxygen atoms in total. The zero-order valence-electron chi connectivity index (χ0n) is 19.7. The van der Waals surface area contributed by atoms with Gasteiger partial charge in [0, 0.05) is 42.2 Å². The second-order valence-corrected chi connectivity index (χ2v) is 8.88. The van der Waals surface area contributed by atoms with Crippen LogP contribution in [0.4, 0.5) is 13.2 Å². The Morgan fingerprint density at radius 2 is 1.83 bits per heavy atom. The van der Waals surface area contributed by atoms with Gasteiger partial charge in [-0.15, -0.1) is 0 Å². The van der Waals surface area contributed by atoms with Crippen LogP contribution in [0.1, 0.15) is 56.9 Å². The number of nitrogens with one attached hydrogen (secondary N) is 1. The number of likely N-dealkylation sites (tertiary alicyclic amines) is 1. The number of aliphatic hydroxyl groups excluding tert-OH is 1. The number of benzene rings is 1. The van der Waals surface area contributed by atoms with E-state index in [1.807, 2.05) is 13.0 Å². The number of amides is 2. The van der Waals surface area contributed by atoms with Crippen molar-refractivity contribution in [3.8, 4) is 11.3 Å². The van der Waals surface area contributed by atoms with E-state index in [2.05, 4.69) is 15.3 Å². The van der Waals surface area contributed by atoms with Crippen molar-refractivity contribution in [1.29, 1.82) is 0 Å². The molecule has 2 amide bonds. The Bertz CT molecular complexity index is 1260. The highest BCUT2D eigenvalue weighted by Crippen LogP contribution is 2.28. The molecule has 2 N–H and O–H groups in total. The number of carbonyl (C=O) groups excluding carboxylic acids is 2.